The highest BCUT2D eigenvalue weighted by Gasteiger charge is 2.29. The molecule has 0 aromatic heterocycles. The Balaban J connectivity index is 1.81. The summed E-state index contributed by atoms with van der Waals surface area (Å²) in [7, 11) is 0. The molecule has 20 heavy (non-hydrogen) atoms. The molecular weight excluding hydrogens is 339 g/mol. The molecule has 4 heteroatoms. The Bertz CT molecular complexity index is 632. The van der Waals surface area contributed by atoms with Crippen molar-refractivity contribution in [2.24, 2.45) is 0 Å². The van der Waals surface area contributed by atoms with Crippen molar-refractivity contribution < 1.29 is 9.50 Å². The fourth-order valence-electron chi connectivity index (χ4n) is 2.58. The van der Waals surface area contributed by atoms with Crippen LogP contribution in [0.2, 0.25) is 0 Å². The summed E-state index contributed by atoms with van der Waals surface area (Å²) >= 11 is 5.03. The number of rotatable bonds is 3. The molecule has 0 spiro atoms. The Morgan fingerprint density at radius 2 is 2.05 bits per heavy atom. The third-order valence-electron chi connectivity index (χ3n) is 3.66. The van der Waals surface area contributed by atoms with E-state index in [1.165, 1.54) is 16.5 Å². The van der Waals surface area contributed by atoms with Crippen molar-refractivity contribution in [2.45, 2.75) is 23.3 Å². The monoisotopic (exact) mass is 352 g/mol. The van der Waals surface area contributed by atoms with Crippen LogP contribution < -0.4 is 0 Å². The molecule has 1 heterocycles. The lowest BCUT2D eigenvalue weighted by molar-refractivity contribution is 0.151. The second-order valence-corrected chi connectivity index (χ2v) is 6.79. The van der Waals surface area contributed by atoms with Crippen molar-refractivity contribution in [3.05, 3.63) is 63.9 Å². The lowest BCUT2D eigenvalue weighted by atomic mass is 9.91. The van der Waals surface area contributed by atoms with Gasteiger partial charge < -0.3 is 5.11 Å². The summed E-state index contributed by atoms with van der Waals surface area (Å²) in [5.74, 6) is 0.718. The highest BCUT2D eigenvalue weighted by atomic mass is 79.9. The van der Waals surface area contributed by atoms with Crippen LogP contribution in [0.15, 0.2) is 51.8 Å². The number of aliphatic hydroxyl groups is 1. The molecule has 0 radical (unpaired) electrons. The van der Waals surface area contributed by atoms with Gasteiger partial charge in [-0.1, -0.05) is 30.3 Å². The fraction of sp³-hybridized carbons (Fsp3) is 0.250. The van der Waals surface area contributed by atoms with E-state index in [2.05, 4.69) is 28.1 Å². The van der Waals surface area contributed by atoms with Gasteiger partial charge in [-0.3, -0.25) is 0 Å². The largest absolute Gasteiger partial charge is 0.392 e. The molecule has 1 nitrogen and oxygen atoms in total. The van der Waals surface area contributed by atoms with E-state index in [9.17, 15) is 9.50 Å². The van der Waals surface area contributed by atoms with Crippen LogP contribution in [0.3, 0.4) is 0 Å². The second kappa shape index (κ2) is 5.88. The normalized spacial score (nSPS) is 18.9. The maximum Gasteiger partial charge on any atom is 0.137 e. The van der Waals surface area contributed by atoms with Crippen molar-refractivity contribution >= 4 is 27.7 Å². The first-order valence-corrected chi connectivity index (χ1v) is 8.27. The van der Waals surface area contributed by atoms with Gasteiger partial charge >= 0.3 is 0 Å². The lowest BCUT2D eigenvalue weighted by Gasteiger charge is -2.19. The molecule has 2 atom stereocenters. The Morgan fingerprint density at radius 3 is 2.90 bits per heavy atom. The van der Waals surface area contributed by atoms with E-state index < -0.39 is 6.10 Å². The average molecular weight is 353 g/mol. The molecule has 0 saturated carbocycles. The molecule has 0 aliphatic carbocycles. The summed E-state index contributed by atoms with van der Waals surface area (Å²) in [5.41, 5.74) is 2.02. The van der Waals surface area contributed by atoms with Crippen LogP contribution in [0.1, 0.15) is 17.0 Å². The minimum atomic E-state index is -0.496. The zero-order chi connectivity index (χ0) is 14.1. The van der Waals surface area contributed by atoms with Gasteiger partial charge in [-0.15, -0.1) is 11.8 Å². The van der Waals surface area contributed by atoms with Crippen LogP contribution >= 0.6 is 27.7 Å². The topological polar surface area (TPSA) is 20.2 Å². The van der Waals surface area contributed by atoms with Gasteiger partial charge in [0.05, 0.1) is 10.6 Å². The molecule has 2 aromatic rings. The molecule has 1 aliphatic heterocycles. The Labute approximate surface area is 130 Å². The van der Waals surface area contributed by atoms with Crippen LogP contribution in [0.25, 0.3) is 0 Å². The molecule has 3 rings (SSSR count). The zero-order valence-corrected chi connectivity index (χ0v) is 13.1. The van der Waals surface area contributed by atoms with Gasteiger partial charge in [0.15, 0.2) is 0 Å². The Morgan fingerprint density at radius 1 is 1.25 bits per heavy atom. The zero-order valence-electron chi connectivity index (χ0n) is 10.7. The van der Waals surface area contributed by atoms with Crippen LogP contribution in [-0.4, -0.2) is 17.0 Å². The first-order valence-electron chi connectivity index (χ1n) is 6.49. The van der Waals surface area contributed by atoms with Gasteiger partial charge in [0.25, 0.3) is 0 Å². The number of hydrogen-bond acceptors (Lipinski definition) is 2. The van der Waals surface area contributed by atoms with Crippen molar-refractivity contribution in [3.8, 4) is 0 Å². The van der Waals surface area contributed by atoms with Crippen LogP contribution in [0.4, 0.5) is 4.39 Å². The van der Waals surface area contributed by atoms with E-state index in [1.807, 2.05) is 18.2 Å². The SMILES string of the molecule is OC(Cc1cccc(F)c1Br)C1CSc2ccccc21. The molecule has 2 unspecified atom stereocenters. The summed E-state index contributed by atoms with van der Waals surface area (Å²) < 4.78 is 14.0. The third-order valence-corrected chi connectivity index (χ3v) is 5.76. The van der Waals surface area contributed by atoms with Crippen LogP contribution in [-0.2, 0) is 6.42 Å². The van der Waals surface area contributed by atoms with E-state index in [4.69, 9.17) is 0 Å². The number of hydrogen-bond donors (Lipinski definition) is 1. The number of aliphatic hydroxyl groups excluding tert-OH is 1. The minimum Gasteiger partial charge on any atom is -0.392 e. The lowest BCUT2D eigenvalue weighted by Crippen LogP contribution is -2.21. The summed E-state index contributed by atoms with van der Waals surface area (Å²) in [6.45, 7) is 0. The molecule has 104 valence electrons. The van der Waals surface area contributed by atoms with Crippen molar-refractivity contribution in [1.82, 2.24) is 0 Å². The van der Waals surface area contributed by atoms with Gasteiger partial charge in [0, 0.05) is 23.0 Å². The molecule has 0 fully saturated rings. The van der Waals surface area contributed by atoms with Crippen LogP contribution in [0, 0.1) is 5.82 Å². The number of benzene rings is 2. The summed E-state index contributed by atoms with van der Waals surface area (Å²) in [6.07, 6.45) is -0.0398. The van der Waals surface area contributed by atoms with Crippen molar-refractivity contribution in [2.75, 3.05) is 5.75 Å². The molecular formula is C16H14BrFOS. The highest BCUT2D eigenvalue weighted by molar-refractivity contribution is 9.10. The smallest absolute Gasteiger partial charge is 0.137 e. The third kappa shape index (κ3) is 2.65. The van der Waals surface area contributed by atoms with Crippen molar-refractivity contribution in [1.29, 1.82) is 0 Å². The fourth-order valence-corrected chi connectivity index (χ4v) is 4.33. The molecule has 0 amide bonds. The minimum absolute atomic E-state index is 0.117. The van der Waals surface area contributed by atoms with Gasteiger partial charge in [0.1, 0.15) is 5.82 Å². The van der Waals surface area contributed by atoms with Crippen LogP contribution in [0.5, 0.6) is 0 Å². The Kier molecular flexibility index (Phi) is 4.15. The molecule has 0 saturated heterocycles. The first kappa shape index (κ1) is 14.1. The predicted octanol–water partition coefficient (Wildman–Crippen LogP) is 4.38. The highest BCUT2D eigenvalue weighted by Crippen LogP contribution is 2.41. The maximum atomic E-state index is 13.5. The van der Waals surface area contributed by atoms with E-state index in [0.717, 1.165) is 11.3 Å². The summed E-state index contributed by atoms with van der Waals surface area (Å²) in [5, 5.41) is 10.5. The number of fused-ring (bicyclic) bond motifs is 1. The summed E-state index contributed by atoms with van der Waals surface area (Å²) in [4.78, 5) is 1.25. The van der Waals surface area contributed by atoms with Gasteiger partial charge in [-0.25, -0.2) is 4.39 Å². The van der Waals surface area contributed by atoms with Gasteiger partial charge in [0.2, 0.25) is 0 Å². The number of halogens is 2. The van der Waals surface area contributed by atoms with Gasteiger partial charge in [-0.05, 0) is 39.2 Å². The number of thioether (sulfide) groups is 1. The molecule has 1 aliphatic rings. The summed E-state index contributed by atoms with van der Waals surface area (Å²) in [6, 6.07) is 13.1. The van der Waals surface area contributed by atoms with E-state index in [1.54, 1.807) is 17.8 Å². The van der Waals surface area contributed by atoms with E-state index in [-0.39, 0.29) is 11.7 Å². The first-order chi connectivity index (χ1) is 9.66. The van der Waals surface area contributed by atoms with Gasteiger partial charge in [-0.2, -0.15) is 0 Å². The van der Waals surface area contributed by atoms with E-state index >= 15 is 0 Å². The molecule has 0 bridgehead atoms. The Hall–Kier alpha value is -0.840. The van der Waals surface area contributed by atoms with E-state index in [0.29, 0.717) is 10.9 Å². The second-order valence-electron chi connectivity index (χ2n) is 4.94. The predicted molar refractivity (Wildman–Crippen MR) is 83.7 cm³/mol. The maximum absolute atomic E-state index is 13.5. The average Bonchev–Trinajstić information content (AvgIpc) is 2.88. The standard InChI is InChI=1S/C16H14BrFOS/c17-16-10(4-3-6-13(16)18)8-14(19)12-9-20-15-7-2-1-5-11(12)15/h1-7,12,14,19H,8-9H2. The molecule has 2 aromatic carbocycles. The van der Waals surface area contributed by atoms with Crippen molar-refractivity contribution in [3.63, 3.8) is 0 Å². The quantitative estimate of drug-likeness (QED) is 0.884. The molecule has 1 N–H and O–H groups in total.